The van der Waals surface area contributed by atoms with E-state index in [-0.39, 0.29) is 11.9 Å². The largest absolute Gasteiger partial charge is 0.358 e. The van der Waals surface area contributed by atoms with Crippen LogP contribution < -0.4 is 10.6 Å². The number of benzene rings is 1. The number of carbonyl (C=O) groups excluding carboxylic acids is 1. The number of fused-ring (bicyclic) bond motifs is 1. The van der Waals surface area contributed by atoms with Crippen LogP contribution in [-0.2, 0) is 11.3 Å². The number of carbonyl (C=O) groups is 1. The topological polar surface area (TPSA) is 41.1 Å². The molecule has 0 saturated carbocycles. The molecule has 2 rings (SSSR count). The van der Waals surface area contributed by atoms with Crippen molar-refractivity contribution in [1.82, 2.24) is 10.6 Å². The molecule has 4 heteroatoms. The maximum Gasteiger partial charge on any atom is 0.236 e. The molecule has 0 aliphatic rings. The first kappa shape index (κ1) is 15.0. The average molecular weight is 290 g/mol. The Morgan fingerprint density at radius 1 is 1.30 bits per heavy atom. The Kier molecular flexibility index (Phi) is 5.15. The molecule has 0 spiro atoms. The van der Waals surface area contributed by atoms with Crippen LogP contribution in [0, 0.1) is 5.92 Å². The number of hydrogen-bond donors (Lipinski definition) is 2. The van der Waals surface area contributed by atoms with Crippen molar-refractivity contribution in [1.29, 1.82) is 0 Å². The van der Waals surface area contributed by atoms with Gasteiger partial charge in [-0.1, -0.05) is 32.0 Å². The second-order valence-electron chi connectivity index (χ2n) is 5.43. The number of nitrogens with one attached hydrogen (secondary N) is 2. The van der Waals surface area contributed by atoms with Crippen molar-refractivity contribution in [3.63, 3.8) is 0 Å². The maximum absolute atomic E-state index is 11.9. The molecule has 0 aliphatic carbocycles. The predicted octanol–water partition coefficient (Wildman–Crippen LogP) is 3.15. The summed E-state index contributed by atoms with van der Waals surface area (Å²) in [6.07, 6.45) is 0.849. The van der Waals surface area contributed by atoms with Gasteiger partial charge < -0.3 is 10.6 Å². The van der Waals surface area contributed by atoms with E-state index in [2.05, 4.69) is 54.1 Å². The molecule has 1 atom stereocenters. The molecule has 0 radical (unpaired) electrons. The van der Waals surface area contributed by atoms with Gasteiger partial charge in [0.05, 0.1) is 6.04 Å². The number of amides is 1. The van der Waals surface area contributed by atoms with Gasteiger partial charge in [0.2, 0.25) is 5.91 Å². The van der Waals surface area contributed by atoms with Crippen LogP contribution >= 0.6 is 11.3 Å². The van der Waals surface area contributed by atoms with Gasteiger partial charge in [0.25, 0.3) is 0 Å². The van der Waals surface area contributed by atoms with Crippen LogP contribution in [0.4, 0.5) is 0 Å². The number of rotatable bonds is 6. The Balaban J connectivity index is 2.06. The highest BCUT2D eigenvalue weighted by atomic mass is 32.1. The molecule has 0 bridgehead atoms. The van der Waals surface area contributed by atoms with E-state index in [0.717, 1.165) is 13.0 Å². The Morgan fingerprint density at radius 2 is 2.05 bits per heavy atom. The van der Waals surface area contributed by atoms with E-state index in [0.29, 0.717) is 5.92 Å². The highest BCUT2D eigenvalue weighted by molar-refractivity contribution is 7.17. The van der Waals surface area contributed by atoms with Crippen LogP contribution in [0.3, 0.4) is 0 Å². The summed E-state index contributed by atoms with van der Waals surface area (Å²) in [4.78, 5) is 11.9. The van der Waals surface area contributed by atoms with E-state index in [4.69, 9.17) is 0 Å². The summed E-state index contributed by atoms with van der Waals surface area (Å²) in [5.74, 6) is 0.558. The number of thiophene rings is 1. The first-order chi connectivity index (χ1) is 9.61. The lowest BCUT2D eigenvalue weighted by atomic mass is 10.0. The lowest BCUT2D eigenvalue weighted by Crippen LogP contribution is -2.43. The molecule has 0 saturated heterocycles. The van der Waals surface area contributed by atoms with E-state index in [9.17, 15) is 4.79 Å². The molecule has 108 valence electrons. The van der Waals surface area contributed by atoms with Gasteiger partial charge in [-0.25, -0.2) is 0 Å². The summed E-state index contributed by atoms with van der Waals surface area (Å²) in [5, 5.41) is 9.59. The Hall–Kier alpha value is -1.39. The first-order valence-corrected chi connectivity index (χ1v) is 7.90. The van der Waals surface area contributed by atoms with Crippen molar-refractivity contribution in [3.05, 3.63) is 35.2 Å². The summed E-state index contributed by atoms with van der Waals surface area (Å²) < 4.78 is 1.30. The van der Waals surface area contributed by atoms with Crippen molar-refractivity contribution >= 4 is 27.3 Å². The summed E-state index contributed by atoms with van der Waals surface area (Å²) in [7, 11) is 1.69. The van der Waals surface area contributed by atoms with Crippen LogP contribution in [0.15, 0.2) is 29.6 Å². The molecule has 1 unspecified atom stereocenters. The quantitative estimate of drug-likeness (QED) is 0.858. The second-order valence-corrected chi connectivity index (χ2v) is 6.35. The molecular formula is C16H22N2OS. The minimum atomic E-state index is -0.126. The molecule has 0 aliphatic heterocycles. The molecule has 1 aromatic carbocycles. The van der Waals surface area contributed by atoms with Crippen LogP contribution in [0.25, 0.3) is 10.1 Å². The maximum atomic E-state index is 11.9. The van der Waals surface area contributed by atoms with Crippen LogP contribution in [0.2, 0.25) is 0 Å². The van der Waals surface area contributed by atoms with E-state index in [1.165, 1.54) is 15.6 Å². The third kappa shape index (κ3) is 3.58. The van der Waals surface area contributed by atoms with Gasteiger partial charge in [0.15, 0.2) is 0 Å². The van der Waals surface area contributed by atoms with Crippen molar-refractivity contribution in [2.75, 3.05) is 7.05 Å². The summed E-state index contributed by atoms with van der Waals surface area (Å²) >= 11 is 1.75. The Labute approximate surface area is 124 Å². The molecule has 20 heavy (non-hydrogen) atoms. The average Bonchev–Trinajstić information content (AvgIpc) is 2.85. The van der Waals surface area contributed by atoms with E-state index < -0.39 is 0 Å². The fraction of sp³-hybridized carbons (Fsp3) is 0.438. The predicted molar refractivity (Wildman–Crippen MR) is 86.0 cm³/mol. The highest BCUT2D eigenvalue weighted by Gasteiger charge is 2.18. The van der Waals surface area contributed by atoms with Gasteiger partial charge in [0, 0.05) is 18.3 Å². The highest BCUT2D eigenvalue weighted by Crippen LogP contribution is 2.25. The normalized spacial score (nSPS) is 12.8. The van der Waals surface area contributed by atoms with Crippen LogP contribution in [0.5, 0.6) is 0 Å². The Bertz CT molecular complexity index is 577. The fourth-order valence-corrected chi connectivity index (χ4v) is 3.29. The molecular weight excluding hydrogens is 268 g/mol. The third-order valence-corrected chi connectivity index (χ3v) is 4.38. The zero-order chi connectivity index (χ0) is 14.5. The lowest BCUT2D eigenvalue weighted by molar-refractivity contribution is -0.123. The van der Waals surface area contributed by atoms with Gasteiger partial charge >= 0.3 is 0 Å². The van der Waals surface area contributed by atoms with Gasteiger partial charge in [0.1, 0.15) is 0 Å². The van der Waals surface area contributed by atoms with E-state index >= 15 is 0 Å². The lowest BCUT2D eigenvalue weighted by Gasteiger charge is -2.19. The van der Waals surface area contributed by atoms with E-state index in [1.807, 2.05) is 0 Å². The second kappa shape index (κ2) is 6.86. The molecule has 1 amide bonds. The first-order valence-electron chi connectivity index (χ1n) is 7.02. The summed E-state index contributed by atoms with van der Waals surface area (Å²) in [6.45, 7) is 5.00. The van der Waals surface area contributed by atoms with Crippen LogP contribution in [-0.4, -0.2) is 19.0 Å². The third-order valence-electron chi connectivity index (χ3n) is 3.37. The summed E-state index contributed by atoms with van der Waals surface area (Å²) in [6, 6.07) is 8.26. The van der Waals surface area contributed by atoms with E-state index in [1.54, 1.807) is 18.4 Å². The minimum Gasteiger partial charge on any atom is -0.358 e. The van der Waals surface area contributed by atoms with Crippen molar-refractivity contribution in [3.8, 4) is 0 Å². The van der Waals surface area contributed by atoms with Gasteiger partial charge in [-0.05, 0) is 34.7 Å². The molecule has 3 nitrogen and oxygen atoms in total. The number of hydrogen-bond acceptors (Lipinski definition) is 3. The van der Waals surface area contributed by atoms with Gasteiger partial charge in [-0.2, -0.15) is 0 Å². The standard InChI is InChI=1S/C16H22N2OS/c1-11(2)8-14(16(19)17-3)18-9-12-10-20-15-7-5-4-6-13(12)15/h4-7,10-11,14,18H,8-9H2,1-3H3,(H,17,19). The van der Waals surface area contributed by atoms with Crippen LogP contribution in [0.1, 0.15) is 25.8 Å². The van der Waals surface area contributed by atoms with Gasteiger partial charge in [-0.15, -0.1) is 11.3 Å². The molecule has 0 fully saturated rings. The molecule has 2 N–H and O–H groups in total. The summed E-state index contributed by atoms with van der Waals surface area (Å²) in [5.41, 5.74) is 1.27. The molecule has 2 aromatic rings. The fourth-order valence-electron chi connectivity index (χ4n) is 2.33. The zero-order valence-electron chi connectivity index (χ0n) is 12.3. The smallest absolute Gasteiger partial charge is 0.236 e. The monoisotopic (exact) mass is 290 g/mol. The molecule has 1 heterocycles. The SMILES string of the molecule is CNC(=O)C(CC(C)C)NCc1csc2ccccc12. The Morgan fingerprint density at radius 3 is 2.75 bits per heavy atom. The number of likely N-dealkylation sites (N-methyl/N-ethyl adjacent to an activating group) is 1. The molecule has 1 aromatic heterocycles. The van der Waals surface area contributed by atoms with Crippen molar-refractivity contribution in [2.45, 2.75) is 32.9 Å². The van der Waals surface area contributed by atoms with Crippen molar-refractivity contribution < 1.29 is 4.79 Å². The minimum absolute atomic E-state index is 0.0678. The van der Waals surface area contributed by atoms with Gasteiger partial charge in [-0.3, -0.25) is 4.79 Å². The zero-order valence-corrected chi connectivity index (χ0v) is 13.1. The van der Waals surface area contributed by atoms with Crippen molar-refractivity contribution in [2.24, 2.45) is 5.92 Å².